The lowest BCUT2D eigenvalue weighted by molar-refractivity contribution is 0.0718. The number of hydrogen-bond donors (Lipinski definition) is 9. The van der Waals surface area contributed by atoms with Gasteiger partial charge in [-0.2, -0.15) is 0 Å². The van der Waals surface area contributed by atoms with Gasteiger partial charge in [-0.25, -0.2) is 9.59 Å². The first kappa shape index (κ1) is 28.4. The number of ether oxygens (including phenoxy) is 3. The van der Waals surface area contributed by atoms with Crippen LogP contribution < -0.4 is 14.2 Å². The van der Waals surface area contributed by atoms with Crippen molar-refractivity contribution in [2.45, 2.75) is 18.9 Å². The van der Waals surface area contributed by atoms with E-state index in [0.717, 1.165) is 42.5 Å². The molecule has 4 aromatic rings. The van der Waals surface area contributed by atoms with Crippen molar-refractivity contribution in [2.75, 3.05) is 0 Å². The van der Waals surface area contributed by atoms with Gasteiger partial charge >= 0.3 is 11.9 Å². The standard InChI is InChI=1S/C29H22O14/c30-16-9-14(41-28(39)12-5-17(31)25(37)18(32)6-12)10-24-15(16)1-2-23(42-24)11-3-21(35)27(22(36)4-11)43-29(40)13-7-19(33)26(38)20(34)8-13/h3-10,23,30-38H,1-2H2/t23-/m1/s1. The van der Waals surface area contributed by atoms with E-state index in [0.29, 0.717) is 5.56 Å². The van der Waals surface area contributed by atoms with Crippen LogP contribution in [0.3, 0.4) is 0 Å². The molecule has 14 nitrogen and oxygen atoms in total. The summed E-state index contributed by atoms with van der Waals surface area (Å²) < 4.78 is 16.2. The van der Waals surface area contributed by atoms with Gasteiger partial charge in [-0.05, 0) is 54.8 Å². The second-order valence-electron chi connectivity index (χ2n) is 9.46. The fourth-order valence-corrected chi connectivity index (χ4v) is 4.42. The molecule has 1 heterocycles. The molecule has 0 saturated carbocycles. The molecule has 0 radical (unpaired) electrons. The summed E-state index contributed by atoms with van der Waals surface area (Å²) >= 11 is 0. The Hall–Kier alpha value is -6.18. The number of aromatic hydroxyl groups is 9. The number of hydrogen-bond acceptors (Lipinski definition) is 14. The molecule has 222 valence electrons. The Morgan fingerprint density at radius 1 is 0.605 bits per heavy atom. The monoisotopic (exact) mass is 594 g/mol. The van der Waals surface area contributed by atoms with Gasteiger partial charge in [0.05, 0.1) is 11.1 Å². The number of phenolic OH excluding ortho intramolecular Hbond substituents is 9. The molecule has 0 saturated heterocycles. The lowest BCUT2D eigenvalue weighted by Crippen LogP contribution is -2.16. The molecular weight excluding hydrogens is 572 g/mol. The predicted octanol–water partition coefficient (Wildman–Crippen LogP) is 3.54. The van der Waals surface area contributed by atoms with Gasteiger partial charge in [0.25, 0.3) is 0 Å². The van der Waals surface area contributed by atoms with Crippen LogP contribution >= 0.6 is 0 Å². The minimum atomic E-state index is -1.18. The highest BCUT2D eigenvalue weighted by atomic mass is 16.6. The summed E-state index contributed by atoms with van der Waals surface area (Å²) in [6.07, 6.45) is -0.252. The number of carbonyl (C=O) groups is 2. The van der Waals surface area contributed by atoms with Crippen molar-refractivity contribution < 1.29 is 69.8 Å². The second kappa shape index (κ2) is 10.7. The van der Waals surface area contributed by atoms with E-state index in [2.05, 4.69) is 0 Å². The maximum Gasteiger partial charge on any atom is 0.344 e. The lowest BCUT2D eigenvalue weighted by Gasteiger charge is -2.27. The van der Waals surface area contributed by atoms with E-state index in [1.54, 1.807) is 0 Å². The van der Waals surface area contributed by atoms with Gasteiger partial charge in [-0.3, -0.25) is 0 Å². The van der Waals surface area contributed by atoms with Crippen molar-refractivity contribution in [3.8, 4) is 69.0 Å². The highest BCUT2D eigenvalue weighted by Crippen LogP contribution is 2.46. The molecule has 0 amide bonds. The number of fused-ring (bicyclic) bond motifs is 1. The van der Waals surface area contributed by atoms with Crippen molar-refractivity contribution in [1.29, 1.82) is 0 Å². The quantitative estimate of drug-likeness (QED) is 0.0912. The summed E-state index contributed by atoms with van der Waals surface area (Å²) in [7, 11) is 0. The van der Waals surface area contributed by atoms with E-state index in [1.807, 2.05) is 0 Å². The summed E-state index contributed by atoms with van der Waals surface area (Å²) in [5.74, 6) is -9.23. The summed E-state index contributed by atoms with van der Waals surface area (Å²) in [5.41, 5.74) is -0.0551. The van der Waals surface area contributed by atoms with Crippen LogP contribution in [-0.4, -0.2) is 57.9 Å². The molecule has 0 aromatic heterocycles. The molecule has 1 aliphatic rings. The van der Waals surface area contributed by atoms with E-state index in [1.165, 1.54) is 6.07 Å². The molecule has 0 bridgehead atoms. The molecule has 5 rings (SSSR count). The predicted molar refractivity (Wildman–Crippen MR) is 142 cm³/mol. The number of esters is 2. The minimum Gasteiger partial charge on any atom is -0.507 e. The molecule has 0 aliphatic carbocycles. The lowest BCUT2D eigenvalue weighted by atomic mass is 9.96. The van der Waals surface area contributed by atoms with E-state index in [-0.39, 0.29) is 41.2 Å². The molecule has 43 heavy (non-hydrogen) atoms. The zero-order chi connectivity index (χ0) is 31.2. The molecule has 1 aliphatic heterocycles. The van der Waals surface area contributed by atoms with Crippen LogP contribution in [0.1, 0.15) is 44.4 Å². The van der Waals surface area contributed by atoms with E-state index >= 15 is 0 Å². The van der Waals surface area contributed by atoms with Gasteiger partial charge in [0.15, 0.2) is 46.0 Å². The van der Waals surface area contributed by atoms with Crippen molar-refractivity contribution >= 4 is 11.9 Å². The topological polar surface area (TPSA) is 244 Å². The van der Waals surface area contributed by atoms with Crippen LogP contribution in [-0.2, 0) is 6.42 Å². The molecule has 0 unspecified atom stereocenters. The average Bonchev–Trinajstić information content (AvgIpc) is 2.95. The van der Waals surface area contributed by atoms with Gasteiger partial charge in [-0.1, -0.05) is 0 Å². The Kier molecular flexibility index (Phi) is 7.03. The molecule has 0 fully saturated rings. The fraction of sp³-hybridized carbons (Fsp3) is 0.103. The Balaban J connectivity index is 1.35. The number of carbonyl (C=O) groups excluding carboxylic acids is 2. The average molecular weight is 594 g/mol. The first-order chi connectivity index (χ1) is 20.3. The third-order valence-corrected chi connectivity index (χ3v) is 6.54. The van der Waals surface area contributed by atoms with Crippen molar-refractivity contribution in [1.82, 2.24) is 0 Å². The molecular formula is C29H22O14. The summed E-state index contributed by atoms with van der Waals surface area (Å²) in [6.45, 7) is 0. The largest absolute Gasteiger partial charge is 0.507 e. The van der Waals surface area contributed by atoms with E-state index in [9.17, 15) is 55.5 Å². The Morgan fingerprint density at radius 3 is 1.60 bits per heavy atom. The molecule has 9 N–H and O–H groups in total. The second-order valence-corrected chi connectivity index (χ2v) is 9.46. The zero-order valence-corrected chi connectivity index (χ0v) is 21.7. The van der Waals surface area contributed by atoms with Gasteiger partial charge in [0, 0.05) is 17.7 Å². The maximum absolute atomic E-state index is 12.5. The minimum absolute atomic E-state index is 0.108. The Bertz CT molecular complexity index is 1730. The summed E-state index contributed by atoms with van der Waals surface area (Å²) in [6, 6.07) is 8.17. The molecule has 4 aromatic carbocycles. The fourth-order valence-electron chi connectivity index (χ4n) is 4.42. The SMILES string of the molecule is O=C(Oc1cc(O)c2c(c1)O[C@@H](c1cc(O)c(OC(=O)c3cc(O)c(O)c(O)c3)c(O)c1)CC2)c1cc(O)c(O)c(O)c1. The van der Waals surface area contributed by atoms with Crippen LogP contribution in [0, 0.1) is 0 Å². The van der Waals surface area contributed by atoms with Crippen LogP contribution in [0.15, 0.2) is 48.5 Å². The van der Waals surface area contributed by atoms with Gasteiger partial charge in [0.1, 0.15) is 23.4 Å². The smallest absolute Gasteiger partial charge is 0.344 e. The maximum atomic E-state index is 12.5. The molecule has 1 atom stereocenters. The highest BCUT2D eigenvalue weighted by Gasteiger charge is 2.28. The number of phenols is 9. The number of rotatable bonds is 5. The van der Waals surface area contributed by atoms with Crippen LogP contribution in [0.4, 0.5) is 0 Å². The normalized spacial score (nSPS) is 13.9. The van der Waals surface area contributed by atoms with E-state index < -0.39 is 75.4 Å². The van der Waals surface area contributed by atoms with E-state index in [4.69, 9.17) is 14.2 Å². The van der Waals surface area contributed by atoms with Gasteiger partial charge in [-0.15, -0.1) is 0 Å². The van der Waals surface area contributed by atoms with Crippen molar-refractivity contribution in [3.05, 3.63) is 70.8 Å². The highest BCUT2D eigenvalue weighted by molar-refractivity contribution is 5.93. The third-order valence-electron chi connectivity index (χ3n) is 6.54. The van der Waals surface area contributed by atoms with Crippen LogP contribution in [0.25, 0.3) is 0 Å². The van der Waals surface area contributed by atoms with Crippen LogP contribution in [0.5, 0.6) is 69.0 Å². The summed E-state index contributed by atoms with van der Waals surface area (Å²) in [5, 5.41) is 89.0. The van der Waals surface area contributed by atoms with Crippen molar-refractivity contribution in [2.24, 2.45) is 0 Å². The number of benzene rings is 4. The summed E-state index contributed by atoms with van der Waals surface area (Å²) in [4.78, 5) is 25.0. The first-order valence-corrected chi connectivity index (χ1v) is 12.3. The zero-order valence-electron chi connectivity index (χ0n) is 21.7. The molecule has 0 spiro atoms. The Morgan fingerprint density at radius 2 is 1.09 bits per heavy atom. The Labute approximate surface area is 240 Å². The van der Waals surface area contributed by atoms with Gasteiger partial charge < -0.3 is 60.2 Å². The van der Waals surface area contributed by atoms with Crippen LogP contribution in [0.2, 0.25) is 0 Å². The molecule has 14 heteroatoms. The van der Waals surface area contributed by atoms with Crippen molar-refractivity contribution in [3.63, 3.8) is 0 Å². The van der Waals surface area contributed by atoms with Gasteiger partial charge in [0.2, 0.25) is 5.75 Å². The first-order valence-electron chi connectivity index (χ1n) is 12.3. The third kappa shape index (κ3) is 5.44.